The molecular weight excluding hydrogens is 376 g/mol. The maximum atomic E-state index is 13.7. The van der Waals surface area contributed by atoms with Crippen molar-refractivity contribution in [3.63, 3.8) is 0 Å². The highest BCUT2D eigenvalue weighted by Gasteiger charge is 2.27. The van der Waals surface area contributed by atoms with Crippen LogP contribution < -0.4 is 9.62 Å². The number of sulfonamides is 1. The molecule has 0 aliphatic carbocycles. The lowest BCUT2D eigenvalue weighted by Gasteiger charge is -2.32. The highest BCUT2D eigenvalue weighted by Crippen LogP contribution is 2.24. The van der Waals surface area contributed by atoms with Crippen LogP contribution in [0.5, 0.6) is 0 Å². The van der Waals surface area contributed by atoms with E-state index in [1.165, 1.54) is 12.4 Å². The van der Waals surface area contributed by atoms with Crippen molar-refractivity contribution in [1.82, 2.24) is 14.7 Å². The van der Waals surface area contributed by atoms with Crippen molar-refractivity contribution in [2.24, 2.45) is 5.92 Å². The summed E-state index contributed by atoms with van der Waals surface area (Å²) in [6, 6.07) is 4.93. The number of nitrogens with one attached hydrogen (secondary N) is 1. The van der Waals surface area contributed by atoms with Crippen molar-refractivity contribution in [1.29, 1.82) is 5.26 Å². The first-order chi connectivity index (χ1) is 12.9. The van der Waals surface area contributed by atoms with E-state index in [0.29, 0.717) is 31.7 Å². The zero-order valence-electron chi connectivity index (χ0n) is 14.3. The Morgan fingerprint density at radius 1 is 1.19 bits per heavy atom. The number of aromatic nitrogens is 2. The molecule has 1 aromatic carbocycles. The molecule has 0 atom stereocenters. The predicted octanol–water partition coefficient (Wildman–Crippen LogP) is 1.82. The molecule has 0 saturated carbocycles. The van der Waals surface area contributed by atoms with Crippen molar-refractivity contribution >= 4 is 15.8 Å². The van der Waals surface area contributed by atoms with Gasteiger partial charge in [0.05, 0.1) is 0 Å². The number of benzene rings is 1. The number of rotatable bonds is 5. The van der Waals surface area contributed by atoms with Crippen LogP contribution >= 0.6 is 0 Å². The van der Waals surface area contributed by atoms with Gasteiger partial charge in [-0.1, -0.05) is 6.07 Å². The number of nitriles is 1. The predicted molar refractivity (Wildman–Crippen MR) is 93.2 cm³/mol. The third-order valence-electron chi connectivity index (χ3n) is 4.45. The lowest BCUT2D eigenvalue weighted by molar-refractivity contribution is 0.399. The van der Waals surface area contributed by atoms with Crippen LogP contribution in [0.2, 0.25) is 0 Å². The van der Waals surface area contributed by atoms with Gasteiger partial charge >= 0.3 is 0 Å². The third kappa shape index (κ3) is 4.20. The van der Waals surface area contributed by atoms with E-state index in [9.17, 15) is 17.2 Å². The van der Waals surface area contributed by atoms with Crippen LogP contribution in [0.4, 0.5) is 14.6 Å². The molecule has 1 aromatic heterocycles. The monoisotopic (exact) mass is 393 g/mol. The van der Waals surface area contributed by atoms with Gasteiger partial charge in [0.1, 0.15) is 17.7 Å². The molecule has 0 radical (unpaired) electrons. The fraction of sp³-hybridized carbons (Fsp3) is 0.353. The van der Waals surface area contributed by atoms with Gasteiger partial charge in [0.2, 0.25) is 10.0 Å². The van der Waals surface area contributed by atoms with E-state index < -0.39 is 26.6 Å². The average Bonchev–Trinajstić information content (AvgIpc) is 2.66. The van der Waals surface area contributed by atoms with Gasteiger partial charge in [-0.15, -0.1) is 0 Å². The Morgan fingerprint density at radius 2 is 1.81 bits per heavy atom. The standard InChI is InChI=1S/C17H17F2N5O2S/c18-13-2-1-3-14(19)16(13)27(25,26)23-11-12-4-8-24(9-5-12)17-15(10-20)21-6-7-22-17/h1-3,6-7,12,23H,4-5,8-9,11H2. The van der Waals surface area contributed by atoms with E-state index >= 15 is 0 Å². The van der Waals surface area contributed by atoms with Crippen molar-refractivity contribution in [2.45, 2.75) is 17.7 Å². The van der Waals surface area contributed by atoms with Gasteiger partial charge in [-0.05, 0) is 30.9 Å². The SMILES string of the molecule is N#Cc1nccnc1N1CCC(CNS(=O)(=O)c2c(F)cccc2F)CC1. The Morgan fingerprint density at radius 3 is 2.44 bits per heavy atom. The number of piperidine rings is 1. The highest BCUT2D eigenvalue weighted by atomic mass is 32.2. The molecule has 3 rings (SSSR count). The second-order valence-corrected chi connectivity index (χ2v) is 7.88. The number of nitrogens with zero attached hydrogens (tertiary/aromatic N) is 4. The topological polar surface area (TPSA) is 99.0 Å². The van der Waals surface area contributed by atoms with E-state index in [-0.39, 0.29) is 18.2 Å². The first kappa shape index (κ1) is 19.1. The van der Waals surface area contributed by atoms with Crippen molar-refractivity contribution < 1.29 is 17.2 Å². The second-order valence-electron chi connectivity index (χ2n) is 6.17. The summed E-state index contributed by atoms with van der Waals surface area (Å²) in [5, 5.41) is 9.11. The van der Waals surface area contributed by atoms with Gasteiger partial charge < -0.3 is 4.90 Å². The largest absolute Gasteiger partial charge is 0.354 e. The van der Waals surface area contributed by atoms with Crippen LogP contribution in [-0.2, 0) is 10.0 Å². The number of hydrogen-bond donors (Lipinski definition) is 1. The first-order valence-electron chi connectivity index (χ1n) is 8.32. The molecule has 0 bridgehead atoms. The molecule has 0 amide bonds. The Hall–Kier alpha value is -2.64. The van der Waals surface area contributed by atoms with Gasteiger partial charge in [0.15, 0.2) is 16.4 Å². The van der Waals surface area contributed by atoms with Gasteiger partial charge in [-0.3, -0.25) is 0 Å². The minimum atomic E-state index is -4.28. The molecule has 1 N–H and O–H groups in total. The summed E-state index contributed by atoms with van der Waals surface area (Å²) in [7, 11) is -4.28. The van der Waals surface area contributed by atoms with Crippen LogP contribution in [0, 0.1) is 28.9 Å². The molecule has 1 aliphatic rings. The van der Waals surface area contributed by atoms with E-state index in [1.807, 2.05) is 11.0 Å². The molecule has 0 spiro atoms. The number of hydrogen-bond acceptors (Lipinski definition) is 6. The molecule has 10 heteroatoms. The Balaban J connectivity index is 1.61. The van der Waals surface area contributed by atoms with E-state index in [4.69, 9.17) is 5.26 Å². The maximum absolute atomic E-state index is 13.7. The Labute approximate surface area is 155 Å². The number of halogens is 2. The Kier molecular flexibility index (Phi) is 5.62. The minimum absolute atomic E-state index is 0.00747. The fourth-order valence-corrected chi connectivity index (χ4v) is 4.28. The molecule has 2 aromatic rings. The van der Waals surface area contributed by atoms with Crippen molar-refractivity contribution in [2.75, 3.05) is 24.5 Å². The molecule has 27 heavy (non-hydrogen) atoms. The molecule has 1 fully saturated rings. The van der Waals surface area contributed by atoms with Crippen molar-refractivity contribution in [3.8, 4) is 6.07 Å². The quantitative estimate of drug-likeness (QED) is 0.832. The van der Waals surface area contributed by atoms with Crippen LogP contribution in [0.1, 0.15) is 18.5 Å². The maximum Gasteiger partial charge on any atom is 0.246 e. The average molecular weight is 393 g/mol. The summed E-state index contributed by atoms with van der Waals surface area (Å²) in [5.41, 5.74) is 0.242. The zero-order valence-corrected chi connectivity index (χ0v) is 15.1. The zero-order chi connectivity index (χ0) is 19.4. The molecule has 1 aliphatic heterocycles. The van der Waals surface area contributed by atoms with Gasteiger partial charge in [0, 0.05) is 32.0 Å². The summed E-state index contributed by atoms with van der Waals surface area (Å²) in [5.74, 6) is -1.73. The third-order valence-corrected chi connectivity index (χ3v) is 5.92. The van der Waals surface area contributed by atoms with E-state index in [0.717, 1.165) is 18.2 Å². The van der Waals surface area contributed by atoms with Crippen molar-refractivity contribution in [3.05, 3.63) is 47.9 Å². The van der Waals surface area contributed by atoms with Crippen LogP contribution in [0.15, 0.2) is 35.5 Å². The van der Waals surface area contributed by atoms with E-state index in [1.54, 1.807) is 0 Å². The molecule has 142 valence electrons. The summed E-state index contributed by atoms with van der Waals surface area (Å²) in [6.45, 7) is 1.23. The first-order valence-corrected chi connectivity index (χ1v) is 9.80. The molecule has 2 heterocycles. The van der Waals surface area contributed by atoms with Crippen LogP contribution in [-0.4, -0.2) is 38.0 Å². The van der Waals surface area contributed by atoms with Crippen LogP contribution in [0.25, 0.3) is 0 Å². The lowest BCUT2D eigenvalue weighted by Crippen LogP contribution is -2.39. The molecular formula is C17H17F2N5O2S. The smallest absolute Gasteiger partial charge is 0.246 e. The van der Waals surface area contributed by atoms with Crippen LogP contribution in [0.3, 0.4) is 0 Å². The van der Waals surface area contributed by atoms with E-state index in [2.05, 4.69) is 14.7 Å². The number of anilines is 1. The van der Waals surface area contributed by atoms with Gasteiger partial charge in [-0.2, -0.15) is 5.26 Å². The summed E-state index contributed by atoms with van der Waals surface area (Å²) < 4.78 is 54.2. The van der Waals surface area contributed by atoms with Gasteiger partial charge in [0.25, 0.3) is 0 Å². The molecule has 1 saturated heterocycles. The second kappa shape index (κ2) is 7.94. The Bertz CT molecular complexity index is 949. The lowest BCUT2D eigenvalue weighted by atomic mass is 9.97. The molecule has 0 unspecified atom stereocenters. The minimum Gasteiger partial charge on any atom is -0.354 e. The highest BCUT2D eigenvalue weighted by molar-refractivity contribution is 7.89. The normalized spacial score (nSPS) is 15.5. The summed E-state index contributed by atoms with van der Waals surface area (Å²) in [4.78, 5) is 9.14. The fourth-order valence-electron chi connectivity index (χ4n) is 3.03. The summed E-state index contributed by atoms with van der Waals surface area (Å²) in [6.07, 6.45) is 4.25. The van der Waals surface area contributed by atoms with Gasteiger partial charge in [-0.25, -0.2) is 31.9 Å². The molecule has 7 nitrogen and oxygen atoms in total. The summed E-state index contributed by atoms with van der Waals surface area (Å²) >= 11 is 0.